The molecule has 0 aliphatic heterocycles. The highest BCUT2D eigenvalue weighted by molar-refractivity contribution is 5.74. The summed E-state index contributed by atoms with van der Waals surface area (Å²) in [6.07, 6.45) is 0.0764. The van der Waals surface area contributed by atoms with Gasteiger partial charge in [-0.2, -0.15) is 15.0 Å². The Balaban J connectivity index is 1.63. The number of nitrogens with zero attached hydrogens (tertiary/aromatic N) is 3. The lowest BCUT2D eigenvalue weighted by Crippen LogP contribution is -2.26. The summed E-state index contributed by atoms with van der Waals surface area (Å²) in [7, 11) is 0. The molecule has 2 aromatic carbocycles. The molecule has 0 saturated heterocycles. The van der Waals surface area contributed by atoms with E-state index >= 15 is 0 Å². The number of anilines is 3. The first-order valence-corrected chi connectivity index (χ1v) is 9.70. The average molecular weight is 407 g/mol. The van der Waals surface area contributed by atoms with Gasteiger partial charge in [-0.05, 0) is 49.6 Å². The van der Waals surface area contributed by atoms with E-state index in [9.17, 15) is 4.79 Å². The molecule has 0 aliphatic carbocycles. The van der Waals surface area contributed by atoms with E-state index in [1.807, 2.05) is 49.4 Å². The van der Waals surface area contributed by atoms with Gasteiger partial charge in [0.15, 0.2) is 18.5 Å². The highest BCUT2D eigenvalue weighted by Gasteiger charge is 2.18. The Morgan fingerprint density at radius 2 is 1.93 bits per heavy atom. The molecule has 1 heterocycles. The quantitative estimate of drug-likeness (QED) is 0.545. The predicted molar refractivity (Wildman–Crippen MR) is 114 cm³/mol. The van der Waals surface area contributed by atoms with Crippen molar-refractivity contribution in [3.63, 3.8) is 0 Å². The molecule has 0 amide bonds. The molecule has 3 rings (SSSR count). The molecule has 3 aromatic rings. The van der Waals surface area contributed by atoms with Gasteiger partial charge < -0.3 is 20.5 Å². The second-order valence-electron chi connectivity index (χ2n) is 6.75. The third-order valence-corrected chi connectivity index (χ3v) is 4.32. The van der Waals surface area contributed by atoms with Gasteiger partial charge in [0.05, 0.1) is 0 Å². The van der Waals surface area contributed by atoms with Crippen LogP contribution in [-0.2, 0) is 22.6 Å². The molecule has 0 spiro atoms. The fourth-order valence-electron chi connectivity index (χ4n) is 2.82. The van der Waals surface area contributed by atoms with Gasteiger partial charge in [0.1, 0.15) is 5.75 Å². The van der Waals surface area contributed by atoms with Gasteiger partial charge in [-0.3, -0.25) is 0 Å². The summed E-state index contributed by atoms with van der Waals surface area (Å²) in [5.74, 6) is 0.649. The minimum Gasteiger partial charge on any atom is -0.479 e. The van der Waals surface area contributed by atoms with Crippen LogP contribution in [0.25, 0.3) is 0 Å². The SMILES string of the molecule is CCc1ccccc1Nc1nc(N)nc(COC(=O)[C@@H](C)Oc2cccc(C)c2)n1. The molecule has 1 aromatic heterocycles. The minimum absolute atomic E-state index is 0.0385. The number of aromatic nitrogens is 3. The number of hydrogen-bond donors (Lipinski definition) is 2. The normalized spacial score (nSPS) is 11.6. The van der Waals surface area contributed by atoms with E-state index in [1.54, 1.807) is 13.0 Å². The highest BCUT2D eigenvalue weighted by Crippen LogP contribution is 2.19. The third-order valence-electron chi connectivity index (χ3n) is 4.32. The first-order valence-electron chi connectivity index (χ1n) is 9.70. The molecule has 8 nitrogen and oxygen atoms in total. The van der Waals surface area contributed by atoms with Crippen molar-refractivity contribution in [1.29, 1.82) is 0 Å². The van der Waals surface area contributed by atoms with E-state index in [0.717, 1.165) is 23.2 Å². The van der Waals surface area contributed by atoms with Crippen molar-refractivity contribution in [3.05, 3.63) is 65.5 Å². The Morgan fingerprint density at radius 3 is 2.70 bits per heavy atom. The number of para-hydroxylation sites is 1. The first kappa shape index (κ1) is 21.0. The zero-order chi connectivity index (χ0) is 21.5. The summed E-state index contributed by atoms with van der Waals surface area (Å²) in [4.78, 5) is 24.7. The zero-order valence-electron chi connectivity index (χ0n) is 17.3. The van der Waals surface area contributed by atoms with Gasteiger partial charge in [-0.15, -0.1) is 0 Å². The molecule has 30 heavy (non-hydrogen) atoms. The van der Waals surface area contributed by atoms with Crippen LogP contribution in [0.3, 0.4) is 0 Å². The van der Waals surface area contributed by atoms with Crippen molar-refractivity contribution in [3.8, 4) is 5.75 Å². The average Bonchev–Trinajstić information content (AvgIpc) is 2.72. The number of nitrogen functional groups attached to an aromatic ring is 1. The van der Waals surface area contributed by atoms with E-state index in [0.29, 0.717) is 11.7 Å². The molecule has 1 atom stereocenters. The Kier molecular flexibility index (Phi) is 6.79. The number of carbonyl (C=O) groups is 1. The Bertz CT molecular complexity index is 1030. The van der Waals surface area contributed by atoms with Gasteiger partial charge in [-0.25, -0.2) is 4.79 Å². The van der Waals surface area contributed by atoms with Crippen LogP contribution in [0.5, 0.6) is 5.75 Å². The summed E-state index contributed by atoms with van der Waals surface area (Å²) in [5.41, 5.74) is 8.84. The number of carbonyl (C=O) groups excluding carboxylic acids is 1. The van der Waals surface area contributed by atoms with Crippen molar-refractivity contribution < 1.29 is 14.3 Å². The number of nitrogens with two attached hydrogens (primary N) is 1. The number of benzene rings is 2. The van der Waals surface area contributed by atoms with Gasteiger partial charge in [0, 0.05) is 5.69 Å². The molecule has 0 saturated carbocycles. The van der Waals surface area contributed by atoms with Gasteiger partial charge in [-0.1, -0.05) is 37.3 Å². The maximum Gasteiger partial charge on any atom is 0.347 e. The topological polar surface area (TPSA) is 112 Å². The fourth-order valence-corrected chi connectivity index (χ4v) is 2.82. The fraction of sp³-hybridized carbons (Fsp3) is 0.273. The monoisotopic (exact) mass is 407 g/mol. The van der Waals surface area contributed by atoms with E-state index in [-0.39, 0.29) is 18.4 Å². The van der Waals surface area contributed by atoms with Crippen molar-refractivity contribution in [1.82, 2.24) is 15.0 Å². The van der Waals surface area contributed by atoms with Crippen LogP contribution in [0.1, 0.15) is 30.8 Å². The lowest BCUT2D eigenvalue weighted by atomic mass is 10.1. The summed E-state index contributed by atoms with van der Waals surface area (Å²) in [6, 6.07) is 15.3. The van der Waals surface area contributed by atoms with Gasteiger partial charge in [0.2, 0.25) is 11.9 Å². The van der Waals surface area contributed by atoms with Crippen molar-refractivity contribution in [2.24, 2.45) is 0 Å². The number of esters is 1. The Hall–Kier alpha value is -3.68. The minimum atomic E-state index is -0.778. The molecule has 0 aliphatic rings. The molecule has 0 bridgehead atoms. The Morgan fingerprint density at radius 1 is 1.13 bits per heavy atom. The zero-order valence-corrected chi connectivity index (χ0v) is 17.3. The smallest absolute Gasteiger partial charge is 0.347 e. The predicted octanol–water partition coefficient (Wildman–Crippen LogP) is 3.58. The maximum atomic E-state index is 12.3. The van der Waals surface area contributed by atoms with E-state index in [2.05, 4.69) is 27.2 Å². The van der Waals surface area contributed by atoms with Crippen LogP contribution in [-0.4, -0.2) is 27.0 Å². The van der Waals surface area contributed by atoms with Crippen LogP contribution in [0, 0.1) is 6.92 Å². The van der Waals surface area contributed by atoms with Gasteiger partial charge in [0.25, 0.3) is 0 Å². The standard InChI is InChI=1S/C22H25N5O3/c1-4-16-9-5-6-11-18(16)24-22-26-19(25-21(23)27-22)13-29-20(28)15(3)30-17-10-7-8-14(2)12-17/h5-12,15H,4,13H2,1-3H3,(H3,23,24,25,26,27)/t15-/m1/s1. The molecular weight excluding hydrogens is 382 g/mol. The molecular formula is C22H25N5O3. The molecule has 3 N–H and O–H groups in total. The molecule has 0 fully saturated rings. The lowest BCUT2D eigenvalue weighted by Gasteiger charge is -2.14. The van der Waals surface area contributed by atoms with Crippen LogP contribution < -0.4 is 15.8 Å². The summed E-state index contributed by atoms with van der Waals surface area (Å²) >= 11 is 0. The molecule has 8 heteroatoms. The van der Waals surface area contributed by atoms with Crippen LogP contribution >= 0.6 is 0 Å². The number of nitrogens with one attached hydrogen (secondary N) is 1. The van der Waals surface area contributed by atoms with Crippen LogP contribution in [0.2, 0.25) is 0 Å². The maximum absolute atomic E-state index is 12.3. The molecule has 156 valence electrons. The van der Waals surface area contributed by atoms with E-state index in [1.165, 1.54) is 0 Å². The van der Waals surface area contributed by atoms with Crippen LogP contribution in [0.4, 0.5) is 17.6 Å². The van der Waals surface area contributed by atoms with Crippen molar-refractivity contribution in [2.45, 2.75) is 39.9 Å². The number of ether oxygens (including phenoxy) is 2. The first-order chi connectivity index (χ1) is 14.4. The number of aryl methyl sites for hydroxylation is 2. The third kappa shape index (κ3) is 5.66. The summed E-state index contributed by atoms with van der Waals surface area (Å²) in [6.45, 7) is 5.50. The highest BCUT2D eigenvalue weighted by atomic mass is 16.6. The largest absolute Gasteiger partial charge is 0.479 e. The summed E-state index contributed by atoms with van der Waals surface area (Å²) < 4.78 is 10.9. The second kappa shape index (κ2) is 9.69. The van der Waals surface area contributed by atoms with E-state index < -0.39 is 12.1 Å². The summed E-state index contributed by atoms with van der Waals surface area (Å²) in [5, 5.41) is 3.15. The van der Waals surface area contributed by atoms with E-state index in [4.69, 9.17) is 15.2 Å². The van der Waals surface area contributed by atoms with Crippen LogP contribution in [0.15, 0.2) is 48.5 Å². The van der Waals surface area contributed by atoms with Gasteiger partial charge >= 0.3 is 5.97 Å². The second-order valence-corrected chi connectivity index (χ2v) is 6.75. The van der Waals surface area contributed by atoms with Crippen molar-refractivity contribution in [2.75, 3.05) is 11.1 Å². The number of hydrogen-bond acceptors (Lipinski definition) is 8. The molecule has 0 unspecified atom stereocenters. The lowest BCUT2D eigenvalue weighted by molar-refractivity contribution is -0.152. The van der Waals surface area contributed by atoms with Crippen molar-refractivity contribution >= 4 is 23.6 Å². The number of rotatable bonds is 8. The Labute approximate surface area is 175 Å². The molecule has 0 radical (unpaired) electrons.